The van der Waals surface area contributed by atoms with E-state index >= 15 is 0 Å². The van der Waals surface area contributed by atoms with E-state index in [1.165, 1.54) is 19.0 Å². The van der Waals surface area contributed by atoms with Crippen LogP contribution in [0.2, 0.25) is 0 Å². The van der Waals surface area contributed by atoms with Gasteiger partial charge in [-0.05, 0) is 25.3 Å². The number of hydrogen-bond acceptors (Lipinski definition) is 4. The summed E-state index contributed by atoms with van der Waals surface area (Å²) in [5.74, 6) is 6.02. The van der Waals surface area contributed by atoms with Crippen molar-refractivity contribution in [3.05, 3.63) is 24.0 Å². The minimum absolute atomic E-state index is 0.126. The van der Waals surface area contributed by atoms with E-state index in [0.717, 1.165) is 12.3 Å². The standard InChI is InChI=1S/C12H18N4O/c1-8(6-9-2-3-9)15-12(17)10-7-14-5-4-11(10)16-13/h4-5,7-9H,2-3,6,13H2,1H3,(H,14,16)(H,15,17). The van der Waals surface area contributed by atoms with Gasteiger partial charge in [-0.2, -0.15) is 0 Å². The highest BCUT2D eigenvalue weighted by molar-refractivity contribution is 5.99. The van der Waals surface area contributed by atoms with Gasteiger partial charge in [0, 0.05) is 18.4 Å². The Hall–Kier alpha value is -1.62. The van der Waals surface area contributed by atoms with Crippen LogP contribution >= 0.6 is 0 Å². The number of nitrogens with two attached hydrogens (primary N) is 1. The van der Waals surface area contributed by atoms with Gasteiger partial charge in [0.1, 0.15) is 0 Å². The molecule has 1 unspecified atom stereocenters. The third-order valence-corrected chi connectivity index (χ3v) is 2.98. The van der Waals surface area contributed by atoms with Gasteiger partial charge < -0.3 is 10.7 Å². The average Bonchev–Trinajstić information content (AvgIpc) is 3.12. The summed E-state index contributed by atoms with van der Waals surface area (Å²) < 4.78 is 0. The Bertz CT molecular complexity index is 403. The van der Waals surface area contributed by atoms with Gasteiger partial charge in [0.25, 0.3) is 5.91 Å². The van der Waals surface area contributed by atoms with Crippen molar-refractivity contribution in [2.75, 3.05) is 5.43 Å². The number of pyridine rings is 1. The van der Waals surface area contributed by atoms with Crippen molar-refractivity contribution in [1.82, 2.24) is 10.3 Å². The van der Waals surface area contributed by atoms with Gasteiger partial charge in [-0.15, -0.1) is 0 Å². The lowest BCUT2D eigenvalue weighted by molar-refractivity contribution is 0.0938. The first-order valence-corrected chi connectivity index (χ1v) is 5.92. The van der Waals surface area contributed by atoms with Crippen LogP contribution < -0.4 is 16.6 Å². The zero-order valence-electron chi connectivity index (χ0n) is 9.94. The minimum atomic E-state index is -0.126. The number of nitrogen functional groups attached to an aromatic ring is 1. The SMILES string of the molecule is CC(CC1CC1)NC(=O)c1cnccc1NN. The molecule has 1 amide bonds. The van der Waals surface area contributed by atoms with Crippen LogP contribution in [0.25, 0.3) is 0 Å². The topological polar surface area (TPSA) is 80.0 Å². The van der Waals surface area contributed by atoms with E-state index in [-0.39, 0.29) is 11.9 Å². The summed E-state index contributed by atoms with van der Waals surface area (Å²) in [6, 6.07) is 1.88. The summed E-state index contributed by atoms with van der Waals surface area (Å²) in [6.07, 6.45) is 6.76. The van der Waals surface area contributed by atoms with E-state index in [4.69, 9.17) is 5.84 Å². The van der Waals surface area contributed by atoms with Crippen molar-refractivity contribution >= 4 is 11.6 Å². The van der Waals surface area contributed by atoms with Gasteiger partial charge in [-0.3, -0.25) is 15.6 Å². The lowest BCUT2D eigenvalue weighted by Crippen LogP contribution is -2.33. The van der Waals surface area contributed by atoms with Crippen LogP contribution in [0.3, 0.4) is 0 Å². The normalized spacial score (nSPS) is 16.4. The van der Waals surface area contributed by atoms with Crippen molar-refractivity contribution in [3.8, 4) is 0 Å². The summed E-state index contributed by atoms with van der Waals surface area (Å²) >= 11 is 0. The van der Waals surface area contributed by atoms with E-state index < -0.39 is 0 Å². The van der Waals surface area contributed by atoms with Crippen LogP contribution in [0.4, 0.5) is 5.69 Å². The molecule has 1 aliphatic rings. The number of hydrogen-bond donors (Lipinski definition) is 3. The van der Waals surface area contributed by atoms with Crippen molar-refractivity contribution in [2.24, 2.45) is 11.8 Å². The van der Waals surface area contributed by atoms with Crippen LogP contribution in [0.5, 0.6) is 0 Å². The fraction of sp³-hybridized carbons (Fsp3) is 0.500. The summed E-state index contributed by atoms with van der Waals surface area (Å²) in [6.45, 7) is 2.03. The first-order valence-electron chi connectivity index (χ1n) is 5.92. The third-order valence-electron chi connectivity index (χ3n) is 2.98. The summed E-state index contributed by atoms with van der Waals surface area (Å²) in [5.41, 5.74) is 3.58. The molecule has 1 heterocycles. The van der Waals surface area contributed by atoms with Gasteiger partial charge in [0.2, 0.25) is 0 Å². The molecule has 0 aromatic carbocycles. The highest BCUT2D eigenvalue weighted by Gasteiger charge is 2.24. The highest BCUT2D eigenvalue weighted by atomic mass is 16.1. The van der Waals surface area contributed by atoms with Crippen LogP contribution in [-0.2, 0) is 0 Å². The average molecular weight is 234 g/mol. The van der Waals surface area contributed by atoms with E-state index in [9.17, 15) is 4.79 Å². The zero-order chi connectivity index (χ0) is 12.3. The molecule has 1 aromatic rings. The van der Waals surface area contributed by atoms with Crippen LogP contribution in [0, 0.1) is 5.92 Å². The van der Waals surface area contributed by atoms with Crippen molar-refractivity contribution in [2.45, 2.75) is 32.2 Å². The second kappa shape index (κ2) is 5.14. The molecule has 0 radical (unpaired) electrons. The number of carbonyl (C=O) groups is 1. The number of nitrogens with zero attached hydrogens (tertiary/aromatic N) is 1. The number of amides is 1. The molecule has 92 valence electrons. The maximum atomic E-state index is 12.0. The molecule has 1 aliphatic carbocycles. The fourth-order valence-corrected chi connectivity index (χ4v) is 1.92. The predicted molar refractivity (Wildman–Crippen MR) is 66.3 cm³/mol. The summed E-state index contributed by atoms with van der Waals surface area (Å²) in [5, 5.41) is 2.97. The lowest BCUT2D eigenvalue weighted by Gasteiger charge is -2.14. The summed E-state index contributed by atoms with van der Waals surface area (Å²) in [4.78, 5) is 15.9. The Kier molecular flexibility index (Phi) is 3.58. The molecule has 0 saturated heterocycles. The number of carbonyl (C=O) groups excluding carboxylic acids is 1. The number of nitrogens with one attached hydrogen (secondary N) is 2. The first kappa shape index (κ1) is 11.9. The predicted octanol–water partition coefficient (Wildman–Crippen LogP) is 1.29. The molecule has 0 spiro atoms. The van der Waals surface area contributed by atoms with Gasteiger partial charge >= 0.3 is 0 Å². The molecular formula is C12H18N4O. The Morgan fingerprint density at radius 3 is 3.06 bits per heavy atom. The molecule has 0 bridgehead atoms. The van der Waals surface area contributed by atoms with E-state index in [1.54, 1.807) is 12.3 Å². The molecule has 5 heteroatoms. The largest absolute Gasteiger partial charge is 0.349 e. The van der Waals surface area contributed by atoms with Crippen LogP contribution in [0.15, 0.2) is 18.5 Å². The number of aromatic nitrogens is 1. The Labute approximate surface area is 101 Å². The third kappa shape index (κ3) is 3.17. The maximum Gasteiger partial charge on any atom is 0.255 e. The number of rotatable bonds is 5. The van der Waals surface area contributed by atoms with Crippen LogP contribution in [-0.4, -0.2) is 16.9 Å². The Balaban J connectivity index is 1.97. The summed E-state index contributed by atoms with van der Waals surface area (Å²) in [7, 11) is 0. The smallest absolute Gasteiger partial charge is 0.255 e. The maximum absolute atomic E-state index is 12.0. The number of hydrazine groups is 1. The van der Waals surface area contributed by atoms with Gasteiger partial charge in [0.05, 0.1) is 11.3 Å². The second-order valence-corrected chi connectivity index (χ2v) is 4.62. The van der Waals surface area contributed by atoms with Crippen molar-refractivity contribution in [1.29, 1.82) is 0 Å². The molecule has 1 saturated carbocycles. The first-order chi connectivity index (χ1) is 8.20. The minimum Gasteiger partial charge on any atom is -0.349 e. The molecule has 1 atom stereocenters. The molecule has 5 nitrogen and oxygen atoms in total. The molecule has 2 rings (SSSR count). The second-order valence-electron chi connectivity index (χ2n) is 4.62. The van der Waals surface area contributed by atoms with Gasteiger partial charge in [-0.1, -0.05) is 12.8 Å². The van der Waals surface area contributed by atoms with Gasteiger partial charge in [0.15, 0.2) is 0 Å². The van der Waals surface area contributed by atoms with Crippen molar-refractivity contribution < 1.29 is 4.79 Å². The van der Waals surface area contributed by atoms with E-state index in [0.29, 0.717) is 11.3 Å². The van der Waals surface area contributed by atoms with E-state index in [1.807, 2.05) is 6.92 Å². The molecule has 0 aliphatic heterocycles. The quantitative estimate of drug-likeness (QED) is 0.529. The van der Waals surface area contributed by atoms with Crippen molar-refractivity contribution in [3.63, 3.8) is 0 Å². The van der Waals surface area contributed by atoms with E-state index in [2.05, 4.69) is 15.7 Å². The monoisotopic (exact) mass is 234 g/mol. The lowest BCUT2D eigenvalue weighted by atomic mass is 10.1. The van der Waals surface area contributed by atoms with Gasteiger partial charge in [-0.25, -0.2) is 0 Å². The number of anilines is 1. The molecule has 17 heavy (non-hydrogen) atoms. The fourth-order valence-electron chi connectivity index (χ4n) is 1.92. The Morgan fingerprint density at radius 2 is 2.41 bits per heavy atom. The zero-order valence-corrected chi connectivity index (χ0v) is 9.94. The van der Waals surface area contributed by atoms with Crippen LogP contribution in [0.1, 0.15) is 36.5 Å². The molecular weight excluding hydrogens is 216 g/mol. The molecule has 4 N–H and O–H groups in total. The Morgan fingerprint density at radius 1 is 1.65 bits per heavy atom. The molecule has 1 aromatic heterocycles. The highest BCUT2D eigenvalue weighted by Crippen LogP contribution is 2.33. The molecule has 1 fully saturated rings.